The first-order valence-electron chi connectivity index (χ1n) is 10.2. The summed E-state index contributed by atoms with van der Waals surface area (Å²) in [4.78, 5) is 50.2. The van der Waals surface area contributed by atoms with Crippen LogP contribution in [0.4, 0.5) is 4.79 Å². The van der Waals surface area contributed by atoms with Crippen LogP contribution in [0, 0.1) is 0 Å². The lowest BCUT2D eigenvalue weighted by atomic mass is 9.94. The van der Waals surface area contributed by atoms with Crippen LogP contribution >= 0.6 is 0 Å². The van der Waals surface area contributed by atoms with Crippen molar-refractivity contribution < 1.29 is 29.0 Å². The van der Waals surface area contributed by atoms with E-state index in [1.165, 1.54) is 4.90 Å². The first-order valence-corrected chi connectivity index (χ1v) is 10.2. The van der Waals surface area contributed by atoms with Gasteiger partial charge in [0.15, 0.2) is 0 Å². The Morgan fingerprint density at radius 2 is 1.61 bits per heavy atom. The first kappa shape index (κ1) is 22.3. The molecule has 8 heteroatoms. The van der Waals surface area contributed by atoms with E-state index in [1.807, 2.05) is 12.1 Å². The maximum absolute atomic E-state index is 12.9. The van der Waals surface area contributed by atoms with Crippen molar-refractivity contribution >= 4 is 34.6 Å². The lowest BCUT2D eigenvalue weighted by molar-refractivity contribution is -0.139. The molecular weight excluding hydrogens is 400 g/mol. The van der Waals surface area contributed by atoms with E-state index in [1.54, 1.807) is 45.0 Å². The zero-order valence-corrected chi connectivity index (χ0v) is 17.8. The second-order valence-electron chi connectivity index (χ2n) is 8.50. The Morgan fingerprint density at radius 1 is 1.03 bits per heavy atom. The second kappa shape index (κ2) is 8.75. The zero-order chi connectivity index (χ0) is 22.8. The predicted octanol–water partition coefficient (Wildman–Crippen LogP) is 3.58. The average Bonchev–Trinajstić information content (AvgIpc) is 2.68. The van der Waals surface area contributed by atoms with Crippen LogP contribution < -0.4 is 5.32 Å². The number of benzene rings is 2. The van der Waals surface area contributed by atoms with Crippen molar-refractivity contribution in [3.63, 3.8) is 0 Å². The number of rotatable bonds is 7. The van der Waals surface area contributed by atoms with Gasteiger partial charge < -0.3 is 15.2 Å². The molecule has 0 aromatic heterocycles. The highest BCUT2D eigenvalue weighted by atomic mass is 16.6. The van der Waals surface area contributed by atoms with Crippen LogP contribution in [0.5, 0.6) is 0 Å². The second-order valence-corrected chi connectivity index (χ2v) is 8.50. The van der Waals surface area contributed by atoms with Crippen molar-refractivity contribution in [3.05, 3.63) is 47.5 Å². The Morgan fingerprint density at radius 3 is 2.13 bits per heavy atom. The number of nitrogens with one attached hydrogen (secondary N) is 1. The summed E-state index contributed by atoms with van der Waals surface area (Å²) >= 11 is 0. The zero-order valence-electron chi connectivity index (χ0n) is 17.8. The number of carbonyl (C=O) groups is 4. The van der Waals surface area contributed by atoms with E-state index in [9.17, 15) is 24.3 Å². The lowest BCUT2D eigenvalue weighted by Gasteiger charge is -2.27. The fourth-order valence-electron chi connectivity index (χ4n) is 3.61. The van der Waals surface area contributed by atoms with Gasteiger partial charge in [-0.25, -0.2) is 9.59 Å². The summed E-state index contributed by atoms with van der Waals surface area (Å²) in [6.45, 7) is 5.23. The molecule has 2 N–H and O–H groups in total. The molecule has 1 aliphatic rings. The summed E-state index contributed by atoms with van der Waals surface area (Å²) < 4.78 is 5.10. The summed E-state index contributed by atoms with van der Waals surface area (Å²) in [6, 6.07) is 9.60. The Kier molecular flexibility index (Phi) is 6.29. The van der Waals surface area contributed by atoms with Crippen LogP contribution in [0.2, 0.25) is 0 Å². The van der Waals surface area contributed by atoms with Crippen LogP contribution in [-0.4, -0.2) is 52.1 Å². The average molecular weight is 426 g/mol. The maximum Gasteiger partial charge on any atom is 0.408 e. The van der Waals surface area contributed by atoms with Gasteiger partial charge in [0, 0.05) is 23.1 Å². The van der Waals surface area contributed by atoms with Gasteiger partial charge in [0.05, 0.1) is 0 Å². The molecule has 0 spiro atoms. The summed E-state index contributed by atoms with van der Waals surface area (Å²) in [6.07, 6.45) is 0.160. The molecule has 0 radical (unpaired) electrons. The molecule has 8 nitrogen and oxygen atoms in total. The molecular formula is C23H26N2O6. The van der Waals surface area contributed by atoms with E-state index in [0.717, 1.165) is 5.39 Å². The Labute approximate surface area is 180 Å². The highest BCUT2D eigenvalue weighted by Gasteiger charge is 2.32. The summed E-state index contributed by atoms with van der Waals surface area (Å²) in [5, 5.41) is 13.2. The SMILES string of the molecule is CC(C)(C)OC(=O)N[C@@H](CCCCN1C(=O)c2cccc3cccc(c23)C1=O)C(=O)O. The number of carboxylic acid groups (broad SMARTS) is 1. The van der Waals surface area contributed by atoms with Gasteiger partial charge in [0.2, 0.25) is 0 Å². The van der Waals surface area contributed by atoms with Crippen LogP contribution in [0.15, 0.2) is 36.4 Å². The summed E-state index contributed by atoms with van der Waals surface area (Å²) in [5.41, 5.74) is 0.242. The van der Waals surface area contributed by atoms with Crippen LogP contribution in [0.3, 0.4) is 0 Å². The number of carbonyl (C=O) groups excluding carboxylic acids is 3. The van der Waals surface area contributed by atoms with Crippen LogP contribution in [-0.2, 0) is 9.53 Å². The number of ether oxygens (including phenoxy) is 1. The number of alkyl carbamates (subject to hydrolysis) is 1. The van der Waals surface area contributed by atoms with Crippen molar-refractivity contribution in [3.8, 4) is 0 Å². The third kappa shape index (κ3) is 5.02. The fourth-order valence-corrected chi connectivity index (χ4v) is 3.61. The van der Waals surface area contributed by atoms with E-state index in [-0.39, 0.29) is 24.8 Å². The number of unbranched alkanes of at least 4 members (excludes halogenated alkanes) is 1. The van der Waals surface area contributed by atoms with Crippen LogP contribution in [0.25, 0.3) is 10.8 Å². The highest BCUT2D eigenvalue weighted by molar-refractivity contribution is 6.25. The molecule has 3 rings (SSSR count). The largest absolute Gasteiger partial charge is 0.480 e. The molecule has 0 aliphatic carbocycles. The molecule has 2 aromatic carbocycles. The number of imide groups is 1. The quantitative estimate of drug-likeness (QED) is 0.517. The molecule has 0 saturated carbocycles. The molecule has 2 aromatic rings. The molecule has 0 unspecified atom stereocenters. The molecule has 1 aliphatic heterocycles. The van der Waals surface area contributed by atoms with E-state index in [0.29, 0.717) is 29.4 Å². The molecule has 31 heavy (non-hydrogen) atoms. The molecule has 164 valence electrons. The molecule has 1 heterocycles. The number of nitrogens with zero attached hydrogens (tertiary/aromatic N) is 1. The number of hydrogen-bond donors (Lipinski definition) is 2. The van der Waals surface area contributed by atoms with Gasteiger partial charge in [0.25, 0.3) is 11.8 Å². The van der Waals surface area contributed by atoms with Gasteiger partial charge >= 0.3 is 12.1 Å². The normalized spacial score (nSPS) is 14.5. The van der Waals surface area contributed by atoms with Gasteiger partial charge in [-0.15, -0.1) is 0 Å². The van der Waals surface area contributed by atoms with Gasteiger partial charge in [-0.1, -0.05) is 24.3 Å². The van der Waals surface area contributed by atoms with E-state index >= 15 is 0 Å². The minimum absolute atomic E-state index is 0.150. The summed E-state index contributed by atoms with van der Waals surface area (Å²) in [5.74, 6) is -1.87. The maximum atomic E-state index is 12.9. The van der Waals surface area contributed by atoms with Gasteiger partial charge in [-0.2, -0.15) is 0 Å². The predicted molar refractivity (Wildman–Crippen MR) is 114 cm³/mol. The number of hydrogen-bond acceptors (Lipinski definition) is 5. The van der Waals surface area contributed by atoms with Crippen molar-refractivity contribution in [2.75, 3.05) is 6.54 Å². The van der Waals surface area contributed by atoms with E-state index < -0.39 is 23.7 Å². The summed E-state index contributed by atoms with van der Waals surface area (Å²) in [7, 11) is 0. The lowest BCUT2D eigenvalue weighted by Crippen LogP contribution is -2.43. The topological polar surface area (TPSA) is 113 Å². The third-order valence-electron chi connectivity index (χ3n) is 4.97. The Balaban J connectivity index is 1.60. The standard InChI is InChI=1S/C23H26N2O6/c1-23(2,3)31-22(30)24-17(21(28)29)12-4-5-13-25-19(26)15-10-6-8-14-9-7-11-16(18(14)15)20(25)27/h6-11,17H,4-5,12-13H2,1-3H3,(H,24,30)(H,28,29)/t17-/m0/s1. The minimum Gasteiger partial charge on any atom is -0.480 e. The fraction of sp³-hybridized carbons (Fsp3) is 0.391. The highest BCUT2D eigenvalue weighted by Crippen LogP contribution is 2.30. The molecule has 0 bridgehead atoms. The Bertz CT molecular complexity index is 989. The van der Waals surface area contributed by atoms with Gasteiger partial charge in [-0.3, -0.25) is 14.5 Å². The first-order chi connectivity index (χ1) is 14.6. The molecule has 0 fully saturated rings. The molecule has 0 saturated heterocycles. The van der Waals surface area contributed by atoms with Crippen molar-refractivity contribution in [1.82, 2.24) is 10.2 Å². The van der Waals surface area contributed by atoms with Crippen molar-refractivity contribution in [1.29, 1.82) is 0 Å². The van der Waals surface area contributed by atoms with Crippen molar-refractivity contribution in [2.45, 2.75) is 51.7 Å². The number of aliphatic carboxylic acids is 1. The van der Waals surface area contributed by atoms with E-state index in [2.05, 4.69) is 5.32 Å². The van der Waals surface area contributed by atoms with Crippen LogP contribution in [0.1, 0.15) is 60.7 Å². The molecule has 3 amide bonds. The Hall–Kier alpha value is -3.42. The van der Waals surface area contributed by atoms with E-state index in [4.69, 9.17) is 4.74 Å². The molecule has 1 atom stereocenters. The van der Waals surface area contributed by atoms with Gasteiger partial charge in [-0.05, 0) is 57.6 Å². The van der Waals surface area contributed by atoms with Gasteiger partial charge in [0.1, 0.15) is 11.6 Å². The smallest absolute Gasteiger partial charge is 0.408 e. The third-order valence-corrected chi connectivity index (χ3v) is 4.97. The van der Waals surface area contributed by atoms with Crippen molar-refractivity contribution in [2.24, 2.45) is 0 Å². The number of carboxylic acids is 1. The monoisotopic (exact) mass is 426 g/mol. The number of amides is 3. The minimum atomic E-state index is -1.17.